The summed E-state index contributed by atoms with van der Waals surface area (Å²) < 4.78 is 56.8. The van der Waals surface area contributed by atoms with Crippen molar-refractivity contribution in [1.29, 1.82) is 0 Å². The molecular weight excluding hydrogens is 863 g/mol. The minimum Gasteiger partial charge on any atom is -0.748 e. The maximum atomic E-state index is 13.8. The van der Waals surface area contributed by atoms with E-state index in [0.29, 0.717) is 54.9 Å². The van der Waals surface area contributed by atoms with Crippen molar-refractivity contribution in [3.63, 3.8) is 0 Å². The van der Waals surface area contributed by atoms with E-state index in [-0.39, 0.29) is 6.42 Å². The van der Waals surface area contributed by atoms with Crippen molar-refractivity contribution < 1.29 is 60.8 Å². The fourth-order valence-corrected chi connectivity index (χ4v) is 9.59. The zero-order chi connectivity index (χ0) is 47.2. The van der Waals surface area contributed by atoms with Crippen molar-refractivity contribution in [3.8, 4) is 0 Å². The number of carbonyl (C=O) groups is 3. The van der Waals surface area contributed by atoms with Gasteiger partial charge in [-0.25, -0.2) is 22.8 Å². The molecule has 0 saturated heterocycles. The molecule has 2 aromatic rings. The maximum Gasteiger partial charge on any atom is 0.414 e. The first-order valence-electron chi connectivity index (χ1n) is 21.2. The predicted octanol–water partition coefficient (Wildman–Crippen LogP) is 7.69. The summed E-state index contributed by atoms with van der Waals surface area (Å²) in [5, 5.41) is 13.8. The fourth-order valence-electron chi connectivity index (χ4n) is 8.60. The van der Waals surface area contributed by atoms with E-state index in [1.165, 1.54) is 14.2 Å². The number of fused-ring (bicyclic) bond motifs is 2. The van der Waals surface area contributed by atoms with E-state index < -0.39 is 50.3 Å². The predicted molar refractivity (Wildman–Crippen MR) is 242 cm³/mol. The van der Waals surface area contributed by atoms with E-state index in [9.17, 15) is 32.6 Å². The number of esters is 2. The summed E-state index contributed by atoms with van der Waals surface area (Å²) >= 11 is 0.948. The lowest BCUT2D eigenvalue weighted by Gasteiger charge is -2.28. The second kappa shape index (κ2) is 20.6. The zero-order valence-electron chi connectivity index (χ0n) is 38.4. The van der Waals surface area contributed by atoms with Gasteiger partial charge in [0.1, 0.15) is 12.1 Å². The molecule has 0 atom stereocenters. The first-order valence-corrected chi connectivity index (χ1v) is 23.7. The average molecular weight is 923 g/mol. The molecule has 2 aromatic carbocycles. The number of hydrogen-bond donors (Lipinski definition) is 0. The number of allylic oxidation sites excluding steroid dienone is 7. The van der Waals surface area contributed by atoms with Gasteiger partial charge < -0.3 is 28.9 Å². The molecule has 0 aromatic heterocycles. The number of likely N-dealkylation sites (N-methyl/N-ethyl adjacent to an activating group) is 1. The van der Waals surface area contributed by atoms with Gasteiger partial charge in [0.15, 0.2) is 5.71 Å². The standard InChI is InChI=1S/C47H61N3O12S2/c1-45(2,3)60-44(53)48(8)41-31(19-23-39-46(4,5)35-29-33(42(51)58-9)17-21-37(35)49(39)25-11-13-27-63-62-61-54)15-16-32(41)20-24-40-47(6,7)36-30-34(43(52)59-10)18-22-38(36)50(40)26-12-14-28-64(55,56)57/h17-24,29-30H,11-16,25-28H2,1-10H3,(H-,54,55,56,57)/p-1. The molecule has 0 unspecified atom stereocenters. The van der Waals surface area contributed by atoms with Gasteiger partial charge >= 0.3 is 18.0 Å². The topological polar surface area (TPSA) is 187 Å². The normalized spacial score (nSPS) is 18.0. The summed E-state index contributed by atoms with van der Waals surface area (Å²) in [5.74, 6) is -0.809. The van der Waals surface area contributed by atoms with Gasteiger partial charge in [-0.3, -0.25) is 9.94 Å². The summed E-state index contributed by atoms with van der Waals surface area (Å²) in [6.07, 6.45) is 11.0. The van der Waals surface area contributed by atoms with E-state index in [4.69, 9.17) is 14.2 Å². The smallest absolute Gasteiger partial charge is 0.414 e. The highest BCUT2D eigenvalue weighted by molar-refractivity contribution is 7.94. The third-order valence-corrected chi connectivity index (χ3v) is 13.1. The fraction of sp³-hybridized carbons (Fsp3) is 0.489. The van der Waals surface area contributed by atoms with Gasteiger partial charge in [0.25, 0.3) is 0 Å². The molecule has 1 aliphatic carbocycles. The van der Waals surface area contributed by atoms with E-state index in [2.05, 4.69) is 58.7 Å². The molecule has 0 saturated carbocycles. The lowest BCUT2D eigenvalue weighted by atomic mass is 9.80. The van der Waals surface area contributed by atoms with Crippen molar-refractivity contribution in [2.24, 2.45) is 0 Å². The molecule has 2 heterocycles. The van der Waals surface area contributed by atoms with Crippen LogP contribution in [0, 0.1) is 0 Å². The van der Waals surface area contributed by atoms with Crippen LogP contribution in [0.15, 0.2) is 83.2 Å². The molecular formula is C47H60N3O12S2-. The Hall–Kier alpha value is -4.78. The minimum atomic E-state index is -4.38. The quantitative estimate of drug-likeness (QED) is 0.0207. The Morgan fingerprint density at radius 1 is 0.891 bits per heavy atom. The summed E-state index contributed by atoms with van der Waals surface area (Å²) in [4.78, 5) is 42.9. The first-order chi connectivity index (χ1) is 30.0. The summed E-state index contributed by atoms with van der Waals surface area (Å²) in [5.41, 5.74) is 6.96. The van der Waals surface area contributed by atoms with E-state index in [1.54, 1.807) is 24.1 Å². The second-order valence-corrected chi connectivity index (χ2v) is 20.3. The number of anilines is 1. The van der Waals surface area contributed by atoms with Gasteiger partial charge in [-0.2, -0.15) is 8.91 Å². The number of nitrogens with zero attached hydrogens (tertiary/aromatic N) is 3. The lowest BCUT2D eigenvalue weighted by molar-refractivity contribution is -0.777. The Kier molecular flexibility index (Phi) is 16.2. The molecule has 0 bridgehead atoms. The van der Waals surface area contributed by atoms with Crippen molar-refractivity contribution >= 4 is 57.3 Å². The lowest BCUT2D eigenvalue weighted by Crippen LogP contribution is -2.34. The molecule has 17 heteroatoms. The first kappa shape index (κ1) is 50.2. The van der Waals surface area contributed by atoms with Crippen LogP contribution in [0.1, 0.15) is 119 Å². The van der Waals surface area contributed by atoms with E-state index in [1.807, 2.05) is 57.2 Å². The Bertz CT molecular complexity index is 2390. The third kappa shape index (κ3) is 11.5. The molecule has 3 aliphatic rings. The Balaban J connectivity index is 1.61. The number of methoxy groups -OCH3 is 2. The molecule has 348 valence electrons. The van der Waals surface area contributed by atoms with Crippen LogP contribution in [0.5, 0.6) is 0 Å². The molecule has 0 N–H and O–H groups in total. The number of amides is 1. The summed E-state index contributed by atoms with van der Waals surface area (Å²) in [6.45, 7) is 14.8. The molecule has 0 radical (unpaired) electrons. The number of benzene rings is 2. The molecule has 64 heavy (non-hydrogen) atoms. The van der Waals surface area contributed by atoms with E-state index >= 15 is 0 Å². The van der Waals surface area contributed by atoms with Crippen LogP contribution in [0.4, 0.5) is 16.2 Å². The van der Waals surface area contributed by atoms with Gasteiger partial charge in [0.2, 0.25) is 5.69 Å². The molecule has 0 spiro atoms. The van der Waals surface area contributed by atoms with Crippen molar-refractivity contribution in [2.75, 3.05) is 50.8 Å². The van der Waals surface area contributed by atoms with E-state index in [0.717, 1.165) is 69.9 Å². The largest absolute Gasteiger partial charge is 0.748 e. The zero-order valence-corrected chi connectivity index (χ0v) is 40.0. The van der Waals surface area contributed by atoms with Crippen LogP contribution in [-0.2, 0) is 44.5 Å². The number of ether oxygens (including phenoxy) is 3. The van der Waals surface area contributed by atoms with Crippen molar-refractivity contribution in [2.45, 2.75) is 103 Å². The van der Waals surface area contributed by atoms with Gasteiger partial charge in [0.05, 0.1) is 46.6 Å². The molecule has 15 nitrogen and oxygen atoms in total. The number of unbranched alkanes of at least 4 members (excludes halogenated alkanes) is 2. The monoisotopic (exact) mass is 922 g/mol. The van der Waals surface area contributed by atoms with Gasteiger partial charge in [0, 0.05) is 78.1 Å². The number of carbonyl (C=O) groups excluding carboxylic acids is 3. The van der Waals surface area contributed by atoms with Crippen LogP contribution in [0.25, 0.3) is 0 Å². The number of rotatable bonds is 18. The molecule has 1 amide bonds. The average Bonchev–Trinajstić information content (AvgIpc) is 3.80. The summed E-state index contributed by atoms with van der Waals surface area (Å²) in [6, 6.07) is 11.0. The Labute approximate surface area is 381 Å². The van der Waals surface area contributed by atoms with Crippen LogP contribution in [-0.4, -0.2) is 97.7 Å². The van der Waals surface area contributed by atoms with Crippen molar-refractivity contribution in [1.82, 2.24) is 4.90 Å². The Morgan fingerprint density at radius 3 is 2.17 bits per heavy atom. The molecule has 2 aliphatic heterocycles. The van der Waals surface area contributed by atoms with Gasteiger partial charge in [-0.05, 0) is 120 Å². The molecule has 0 fully saturated rings. The third-order valence-electron chi connectivity index (χ3n) is 11.7. The SMILES string of the molecule is COC(=O)c1ccc2c(c1)C(C)(C)C(/C=C/C1=C(N(C)C(=O)OC(C)(C)C)C(=C/C=C3/N(CCCCSOO[O-])c4ccc(C(=O)OC)cc4C3(C)C)/CC1)=[N+]2CCCCS(=O)(=O)[O-]. The highest BCUT2D eigenvalue weighted by Gasteiger charge is 2.45. The Morgan fingerprint density at radius 2 is 1.55 bits per heavy atom. The van der Waals surface area contributed by atoms with Gasteiger partial charge in [-0.1, -0.05) is 26.0 Å². The maximum absolute atomic E-state index is 13.8. The summed E-state index contributed by atoms with van der Waals surface area (Å²) in [7, 11) is 0.00907. The number of hydrogen-bond acceptors (Lipinski definition) is 14. The van der Waals surface area contributed by atoms with Crippen molar-refractivity contribution in [3.05, 3.63) is 105 Å². The van der Waals surface area contributed by atoms with Crippen LogP contribution < -0.4 is 10.2 Å². The molecule has 5 rings (SSSR count). The van der Waals surface area contributed by atoms with Crippen LogP contribution in [0.2, 0.25) is 0 Å². The highest BCUT2D eigenvalue weighted by atomic mass is 32.2. The second-order valence-electron chi connectivity index (χ2n) is 18.0. The highest BCUT2D eigenvalue weighted by Crippen LogP contribution is 2.49. The van der Waals surface area contributed by atoms with Crippen LogP contribution >= 0.6 is 12.0 Å². The van der Waals surface area contributed by atoms with Crippen LogP contribution in [0.3, 0.4) is 0 Å². The minimum absolute atomic E-state index is 0.187. The van der Waals surface area contributed by atoms with Gasteiger partial charge in [-0.15, -0.1) is 0 Å².